The molecule has 0 fully saturated rings. The topological polar surface area (TPSA) is 21.3 Å². The minimum absolute atomic E-state index is 0.0821. The number of ether oxygens (including phenoxy) is 1. The standard InChI is InChI=1S/C15H15Br2NO/c1-18-15(11-8-7-10(16)9-13(11)17)12-5-3-4-6-14(12)19-2/h3-9,15,18H,1-2H3. The van der Waals surface area contributed by atoms with Gasteiger partial charge in [0, 0.05) is 14.5 Å². The summed E-state index contributed by atoms with van der Waals surface area (Å²) in [6.07, 6.45) is 0. The molecule has 0 saturated heterocycles. The second-order valence-electron chi connectivity index (χ2n) is 4.13. The monoisotopic (exact) mass is 383 g/mol. The van der Waals surface area contributed by atoms with E-state index in [-0.39, 0.29) is 6.04 Å². The molecule has 4 heteroatoms. The average Bonchev–Trinajstić information content (AvgIpc) is 2.42. The van der Waals surface area contributed by atoms with E-state index in [1.165, 1.54) is 5.56 Å². The maximum Gasteiger partial charge on any atom is 0.123 e. The molecule has 0 saturated carbocycles. The van der Waals surface area contributed by atoms with Gasteiger partial charge in [-0.2, -0.15) is 0 Å². The summed E-state index contributed by atoms with van der Waals surface area (Å²) in [6.45, 7) is 0. The van der Waals surface area contributed by atoms with Crippen molar-refractivity contribution in [3.63, 3.8) is 0 Å². The minimum atomic E-state index is 0.0821. The summed E-state index contributed by atoms with van der Waals surface area (Å²) in [6, 6.07) is 14.3. The van der Waals surface area contributed by atoms with Crippen LogP contribution in [0, 0.1) is 0 Å². The summed E-state index contributed by atoms with van der Waals surface area (Å²) in [5.74, 6) is 0.886. The predicted molar refractivity (Wildman–Crippen MR) is 85.7 cm³/mol. The van der Waals surface area contributed by atoms with Crippen molar-refractivity contribution >= 4 is 31.9 Å². The van der Waals surface area contributed by atoms with E-state index in [4.69, 9.17) is 4.74 Å². The lowest BCUT2D eigenvalue weighted by Gasteiger charge is -2.21. The van der Waals surface area contributed by atoms with Crippen LogP contribution in [0.25, 0.3) is 0 Å². The first kappa shape index (κ1) is 14.6. The molecular formula is C15H15Br2NO. The van der Waals surface area contributed by atoms with Crippen LogP contribution in [-0.2, 0) is 0 Å². The van der Waals surface area contributed by atoms with Crippen LogP contribution in [0.5, 0.6) is 5.75 Å². The van der Waals surface area contributed by atoms with E-state index in [9.17, 15) is 0 Å². The van der Waals surface area contributed by atoms with Crippen molar-refractivity contribution in [1.82, 2.24) is 5.32 Å². The Morgan fingerprint density at radius 1 is 1.05 bits per heavy atom. The molecule has 0 heterocycles. The van der Waals surface area contributed by atoms with Crippen LogP contribution in [-0.4, -0.2) is 14.2 Å². The molecule has 0 aliphatic carbocycles. The largest absolute Gasteiger partial charge is 0.496 e. The first-order valence-electron chi connectivity index (χ1n) is 5.92. The molecule has 100 valence electrons. The summed E-state index contributed by atoms with van der Waals surface area (Å²) in [7, 11) is 3.65. The van der Waals surface area contributed by atoms with Crippen LogP contribution in [0.15, 0.2) is 51.4 Å². The van der Waals surface area contributed by atoms with E-state index < -0.39 is 0 Å². The lowest BCUT2D eigenvalue weighted by atomic mass is 9.98. The summed E-state index contributed by atoms with van der Waals surface area (Å²) in [5, 5.41) is 3.34. The highest BCUT2D eigenvalue weighted by molar-refractivity contribution is 9.11. The number of hydrogen-bond donors (Lipinski definition) is 1. The van der Waals surface area contributed by atoms with Gasteiger partial charge in [-0.3, -0.25) is 0 Å². The third kappa shape index (κ3) is 3.19. The number of methoxy groups -OCH3 is 1. The van der Waals surface area contributed by atoms with Crippen molar-refractivity contribution in [1.29, 1.82) is 0 Å². The molecule has 19 heavy (non-hydrogen) atoms. The summed E-state index contributed by atoms with van der Waals surface area (Å²) >= 11 is 7.10. The molecule has 0 radical (unpaired) electrons. The fourth-order valence-electron chi connectivity index (χ4n) is 2.12. The maximum atomic E-state index is 5.45. The quantitative estimate of drug-likeness (QED) is 0.836. The van der Waals surface area contributed by atoms with Gasteiger partial charge in [-0.05, 0) is 30.8 Å². The Balaban J connectivity index is 2.50. The Labute approximate surface area is 130 Å². The number of halogens is 2. The van der Waals surface area contributed by atoms with Crippen molar-refractivity contribution < 1.29 is 4.74 Å². The molecule has 0 aliphatic rings. The molecule has 1 atom stereocenters. The van der Waals surface area contributed by atoms with Gasteiger partial charge in [0.25, 0.3) is 0 Å². The predicted octanol–water partition coefficient (Wildman–Crippen LogP) is 4.53. The lowest BCUT2D eigenvalue weighted by molar-refractivity contribution is 0.405. The molecule has 0 spiro atoms. The molecule has 1 N–H and O–H groups in total. The average molecular weight is 385 g/mol. The van der Waals surface area contributed by atoms with Gasteiger partial charge in [0.05, 0.1) is 13.2 Å². The van der Waals surface area contributed by atoms with E-state index in [1.807, 2.05) is 31.3 Å². The van der Waals surface area contributed by atoms with Crippen molar-refractivity contribution in [3.05, 3.63) is 62.5 Å². The Hall–Kier alpha value is -0.840. The fraction of sp³-hybridized carbons (Fsp3) is 0.200. The smallest absolute Gasteiger partial charge is 0.123 e. The minimum Gasteiger partial charge on any atom is -0.496 e. The Morgan fingerprint density at radius 3 is 2.42 bits per heavy atom. The van der Waals surface area contributed by atoms with Crippen molar-refractivity contribution in [2.45, 2.75) is 6.04 Å². The van der Waals surface area contributed by atoms with Gasteiger partial charge in [0.15, 0.2) is 0 Å². The second-order valence-corrected chi connectivity index (χ2v) is 5.90. The van der Waals surface area contributed by atoms with Crippen LogP contribution in [0.3, 0.4) is 0 Å². The van der Waals surface area contributed by atoms with E-state index in [0.717, 1.165) is 20.3 Å². The molecular weight excluding hydrogens is 370 g/mol. The van der Waals surface area contributed by atoms with E-state index in [2.05, 4.69) is 55.4 Å². The molecule has 0 amide bonds. The normalized spacial score (nSPS) is 12.2. The molecule has 0 aliphatic heterocycles. The van der Waals surface area contributed by atoms with Gasteiger partial charge >= 0.3 is 0 Å². The van der Waals surface area contributed by atoms with E-state index in [0.29, 0.717) is 0 Å². The third-order valence-corrected chi connectivity index (χ3v) is 4.19. The number of benzene rings is 2. The van der Waals surface area contributed by atoms with Crippen LogP contribution in [0.1, 0.15) is 17.2 Å². The van der Waals surface area contributed by atoms with E-state index >= 15 is 0 Å². The second kappa shape index (κ2) is 6.55. The Kier molecular flexibility index (Phi) is 5.02. The first-order chi connectivity index (χ1) is 9.17. The van der Waals surface area contributed by atoms with Crippen molar-refractivity contribution in [3.8, 4) is 5.75 Å². The number of hydrogen-bond acceptors (Lipinski definition) is 2. The maximum absolute atomic E-state index is 5.45. The third-order valence-electron chi connectivity index (χ3n) is 3.01. The molecule has 2 aromatic carbocycles. The highest BCUT2D eigenvalue weighted by atomic mass is 79.9. The van der Waals surface area contributed by atoms with Gasteiger partial charge in [-0.25, -0.2) is 0 Å². The van der Waals surface area contributed by atoms with Crippen LogP contribution < -0.4 is 10.1 Å². The summed E-state index contributed by atoms with van der Waals surface area (Å²) < 4.78 is 7.56. The van der Waals surface area contributed by atoms with Crippen LogP contribution >= 0.6 is 31.9 Å². The fourth-order valence-corrected chi connectivity index (χ4v) is 3.40. The van der Waals surface area contributed by atoms with Crippen molar-refractivity contribution in [2.75, 3.05) is 14.2 Å². The van der Waals surface area contributed by atoms with Crippen LogP contribution in [0.2, 0.25) is 0 Å². The number of nitrogens with one attached hydrogen (secondary N) is 1. The molecule has 1 unspecified atom stereocenters. The molecule has 2 aromatic rings. The van der Waals surface area contributed by atoms with Gasteiger partial charge in [-0.1, -0.05) is 56.1 Å². The first-order valence-corrected chi connectivity index (χ1v) is 7.51. The lowest BCUT2D eigenvalue weighted by Crippen LogP contribution is -2.18. The summed E-state index contributed by atoms with van der Waals surface area (Å²) in [5.41, 5.74) is 2.30. The SMILES string of the molecule is CNC(c1ccc(Br)cc1Br)c1ccccc1OC. The van der Waals surface area contributed by atoms with Crippen molar-refractivity contribution in [2.24, 2.45) is 0 Å². The highest BCUT2D eigenvalue weighted by Crippen LogP contribution is 2.34. The van der Waals surface area contributed by atoms with Gasteiger partial charge in [0.2, 0.25) is 0 Å². The van der Waals surface area contributed by atoms with Crippen LogP contribution in [0.4, 0.5) is 0 Å². The zero-order chi connectivity index (χ0) is 13.8. The molecule has 0 bridgehead atoms. The zero-order valence-corrected chi connectivity index (χ0v) is 14.0. The van der Waals surface area contributed by atoms with Gasteiger partial charge in [-0.15, -0.1) is 0 Å². The zero-order valence-electron chi connectivity index (χ0n) is 10.8. The van der Waals surface area contributed by atoms with E-state index in [1.54, 1.807) is 7.11 Å². The summed E-state index contributed by atoms with van der Waals surface area (Å²) in [4.78, 5) is 0. The van der Waals surface area contributed by atoms with Gasteiger partial charge < -0.3 is 10.1 Å². The molecule has 2 rings (SSSR count). The number of para-hydroxylation sites is 1. The highest BCUT2D eigenvalue weighted by Gasteiger charge is 2.18. The molecule has 2 nitrogen and oxygen atoms in total. The molecule has 0 aromatic heterocycles. The van der Waals surface area contributed by atoms with Gasteiger partial charge in [0.1, 0.15) is 5.75 Å². The Bertz CT molecular complexity index is 572. The Morgan fingerprint density at radius 2 is 1.79 bits per heavy atom. The number of rotatable bonds is 4.